The smallest absolute Gasteiger partial charge is 0.204 e. The van der Waals surface area contributed by atoms with Crippen molar-refractivity contribution >= 4 is 16.9 Å². The Balaban J connectivity index is 1.92. The zero-order chi connectivity index (χ0) is 16.8. The van der Waals surface area contributed by atoms with Gasteiger partial charge in [-0.25, -0.2) is 0 Å². The topological polar surface area (TPSA) is 37.3 Å². The van der Waals surface area contributed by atoms with Crippen molar-refractivity contribution in [1.82, 2.24) is 0 Å². The van der Waals surface area contributed by atoms with Crippen LogP contribution >= 0.6 is 11.8 Å². The molecule has 0 spiro atoms. The van der Waals surface area contributed by atoms with Gasteiger partial charge in [0.15, 0.2) is 0 Å². The van der Waals surface area contributed by atoms with Gasteiger partial charge in [-0.05, 0) is 23.3 Å². The molecule has 2 atom stereocenters. The number of aliphatic hydroxyl groups is 1. The molecule has 3 rings (SSSR count). The largest absolute Gasteiger partial charge is 0.387 e. The SMILES string of the molecule is O=C(Sc1ccccc1)[C@H](c1ccccc1)[C@H](O)c1ccccc1. The molecule has 3 aromatic rings. The van der Waals surface area contributed by atoms with Gasteiger partial charge < -0.3 is 5.11 Å². The average Bonchev–Trinajstić information content (AvgIpc) is 2.64. The van der Waals surface area contributed by atoms with Crippen LogP contribution in [0.15, 0.2) is 95.9 Å². The Bertz CT molecular complexity index is 773. The number of thioether (sulfide) groups is 1. The minimum Gasteiger partial charge on any atom is -0.387 e. The lowest BCUT2D eigenvalue weighted by Gasteiger charge is -2.22. The Kier molecular flexibility index (Phi) is 5.47. The van der Waals surface area contributed by atoms with Crippen molar-refractivity contribution in [3.8, 4) is 0 Å². The quantitative estimate of drug-likeness (QED) is 0.680. The van der Waals surface area contributed by atoms with E-state index in [4.69, 9.17) is 0 Å². The van der Waals surface area contributed by atoms with Gasteiger partial charge in [-0.3, -0.25) is 4.79 Å². The van der Waals surface area contributed by atoms with Gasteiger partial charge in [-0.15, -0.1) is 0 Å². The molecule has 1 N–H and O–H groups in total. The molecule has 0 saturated heterocycles. The maximum Gasteiger partial charge on any atom is 0.204 e. The molecule has 0 fully saturated rings. The number of hydrogen-bond donors (Lipinski definition) is 1. The molecule has 0 amide bonds. The van der Waals surface area contributed by atoms with Gasteiger partial charge >= 0.3 is 0 Å². The number of rotatable bonds is 5. The molecule has 0 radical (unpaired) electrons. The summed E-state index contributed by atoms with van der Waals surface area (Å²) in [5, 5.41) is 10.8. The van der Waals surface area contributed by atoms with E-state index in [1.54, 1.807) is 0 Å². The van der Waals surface area contributed by atoms with Crippen LogP contribution in [0.2, 0.25) is 0 Å². The third-order valence-electron chi connectivity index (χ3n) is 3.83. The summed E-state index contributed by atoms with van der Waals surface area (Å²) in [5.41, 5.74) is 1.57. The van der Waals surface area contributed by atoms with Crippen molar-refractivity contribution in [2.24, 2.45) is 0 Å². The van der Waals surface area contributed by atoms with Crippen molar-refractivity contribution in [1.29, 1.82) is 0 Å². The zero-order valence-corrected chi connectivity index (χ0v) is 13.9. The van der Waals surface area contributed by atoms with Gasteiger partial charge in [-0.2, -0.15) is 0 Å². The van der Waals surface area contributed by atoms with Crippen LogP contribution in [0.25, 0.3) is 0 Å². The van der Waals surface area contributed by atoms with E-state index in [0.29, 0.717) is 0 Å². The molecule has 3 aromatic carbocycles. The van der Waals surface area contributed by atoms with E-state index >= 15 is 0 Å². The van der Waals surface area contributed by atoms with Crippen molar-refractivity contribution in [2.75, 3.05) is 0 Å². The summed E-state index contributed by atoms with van der Waals surface area (Å²) in [6, 6.07) is 28.3. The van der Waals surface area contributed by atoms with Crippen LogP contribution < -0.4 is 0 Å². The van der Waals surface area contributed by atoms with E-state index in [9.17, 15) is 9.90 Å². The number of benzene rings is 3. The van der Waals surface area contributed by atoms with Crippen molar-refractivity contribution in [3.63, 3.8) is 0 Å². The fourth-order valence-corrected chi connectivity index (χ4v) is 3.54. The number of hydrogen-bond acceptors (Lipinski definition) is 3. The molecule has 24 heavy (non-hydrogen) atoms. The van der Waals surface area contributed by atoms with E-state index < -0.39 is 12.0 Å². The minimum atomic E-state index is -0.877. The maximum atomic E-state index is 12.9. The summed E-state index contributed by atoms with van der Waals surface area (Å²) < 4.78 is 0. The Labute approximate surface area is 146 Å². The first-order chi connectivity index (χ1) is 11.8. The van der Waals surface area contributed by atoms with Crippen molar-refractivity contribution < 1.29 is 9.90 Å². The highest BCUT2D eigenvalue weighted by molar-refractivity contribution is 8.13. The van der Waals surface area contributed by atoms with Crippen LogP contribution in [0.3, 0.4) is 0 Å². The van der Waals surface area contributed by atoms with Crippen LogP contribution in [0.5, 0.6) is 0 Å². The summed E-state index contributed by atoms with van der Waals surface area (Å²) >= 11 is 1.17. The predicted octanol–water partition coefficient (Wildman–Crippen LogP) is 4.82. The standard InChI is InChI=1S/C21H18O2S/c22-20(17-12-6-2-7-13-17)19(16-10-4-1-5-11-16)21(23)24-18-14-8-3-9-15-18/h1-15,19-20,22H/t19-,20-/m1/s1. The highest BCUT2D eigenvalue weighted by Gasteiger charge is 2.30. The molecule has 120 valence electrons. The molecule has 0 aliphatic heterocycles. The minimum absolute atomic E-state index is 0.0660. The van der Waals surface area contributed by atoms with E-state index in [1.165, 1.54) is 11.8 Å². The van der Waals surface area contributed by atoms with Crippen LogP contribution in [-0.4, -0.2) is 10.2 Å². The summed E-state index contributed by atoms with van der Waals surface area (Å²) in [7, 11) is 0. The monoisotopic (exact) mass is 334 g/mol. The molecule has 0 aliphatic carbocycles. The third-order valence-corrected chi connectivity index (χ3v) is 4.79. The molecular weight excluding hydrogens is 316 g/mol. The van der Waals surface area contributed by atoms with Crippen molar-refractivity contribution in [3.05, 3.63) is 102 Å². The van der Waals surface area contributed by atoms with E-state index in [1.807, 2.05) is 91.0 Å². The van der Waals surface area contributed by atoms with Gasteiger partial charge in [0.05, 0.1) is 12.0 Å². The number of carbonyl (C=O) groups excluding carboxylic acids is 1. The fourth-order valence-electron chi connectivity index (χ4n) is 2.62. The number of carbonyl (C=O) groups is 1. The molecule has 0 heterocycles. The Hall–Kier alpha value is -2.36. The normalized spacial score (nSPS) is 13.2. The molecule has 0 saturated carbocycles. The fraction of sp³-hybridized carbons (Fsp3) is 0.0952. The summed E-state index contributed by atoms with van der Waals surface area (Å²) in [5.74, 6) is -0.612. The van der Waals surface area contributed by atoms with Crippen LogP contribution in [-0.2, 0) is 4.79 Å². The molecule has 0 aliphatic rings. The van der Waals surface area contributed by atoms with Crippen LogP contribution in [0.1, 0.15) is 23.1 Å². The predicted molar refractivity (Wildman–Crippen MR) is 97.9 cm³/mol. The summed E-state index contributed by atoms with van der Waals surface area (Å²) in [6.45, 7) is 0. The first-order valence-corrected chi connectivity index (χ1v) is 8.62. The second kappa shape index (κ2) is 7.95. The molecular formula is C21H18O2S. The molecule has 0 unspecified atom stereocenters. The average molecular weight is 334 g/mol. The van der Waals surface area contributed by atoms with Crippen LogP contribution in [0, 0.1) is 0 Å². The highest BCUT2D eigenvalue weighted by atomic mass is 32.2. The van der Waals surface area contributed by atoms with Gasteiger partial charge in [0.25, 0.3) is 0 Å². The number of aliphatic hydroxyl groups excluding tert-OH is 1. The first-order valence-electron chi connectivity index (χ1n) is 7.80. The van der Waals surface area contributed by atoms with E-state index in [2.05, 4.69) is 0 Å². The molecule has 0 aromatic heterocycles. The lowest BCUT2D eigenvalue weighted by atomic mass is 9.90. The summed E-state index contributed by atoms with van der Waals surface area (Å²) in [4.78, 5) is 13.8. The van der Waals surface area contributed by atoms with Gasteiger partial charge in [0.2, 0.25) is 5.12 Å². The van der Waals surface area contributed by atoms with Crippen LogP contribution in [0.4, 0.5) is 0 Å². The van der Waals surface area contributed by atoms with Crippen molar-refractivity contribution in [2.45, 2.75) is 16.9 Å². The van der Waals surface area contributed by atoms with Gasteiger partial charge in [-0.1, -0.05) is 90.6 Å². The third kappa shape index (κ3) is 3.94. The maximum absolute atomic E-state index is 12.9. The first kappa shape index (κ1) is 16.5. The summed E-state index contributed by atoms with van der Waals surface area (Å²) in [6.07, 6.45) is -0.877. The Morgan fingerprint density at radius 3 is 1.71 bits per heavy atom. The lowest BCUT2D eigenvalue weighted by molar-refractivity contribution is -0.114. The lowest BCUT2D eigenvalue weighted by Crippen LogP contribution is -2.18. The highest BCUT2D eigenvalue weighted by Crippen LogP contribution is 2.37. The molecule has 3 heteroatoms. The second-order valence-corrected chi connectivity index (χ2v) is 6.56. The second-order valence-electron chi connectivity index (χ2n) is 5.48. The Morgan fingerprint density at radius 1 is 0.708 bits per heavy atom. The van der Waals surface area contributed by atoms with E-state index in [0.717, 1.165) is 16.0 Å². The van der Waals surface area contributed by atoms with Gasteiger partial charge in [0.1, 0.15) is 0 Å². The molecule has 0 bridgehead atoms. The Morgan fingerprint density at radius 2 is 1.17 bits per heavy atom. The molecule has 2 nitrogen and oxygen atoms in total. The van der Waals surface area contributed by atoms with E-state index in [-0.39, 0.29) is 5.12 Å². The zero-order valence-electron chi connectivity index (χ0n) is 13.1. The van der Waals surface area contributed by atoms with Gasteiger partial charge in [0, 0.05) is 4.90 Å².